The third kappa shape index (κ3) is 6.17. The third-order valence-corrected chi connectivity index (χ3v) is 6.66. The van der Waals surface area contributed by atoms with Crippen molar-refractivity contribution < 1.29 is 19.0 Å². The van der Waals surface area contributed by atoms with Crippen molar-refractivity contribution in [3.05, 3.63) is 141 Å². The van der Waals surface area contributed by atoms with E-state index >= 15 is 0 Å². The van der Waals surface area contributed by atoms with Crippen molar-refractivity contribution in [2.45, 2.75) is 19.4 Å². The van der Waals surface area contributed by atoms with Gasteiger partial charge in [-0.2, -0.15) is 5.26 Å². The summed E-state index contributed by atoms with van der Waals surface area (Å²) in [6, 6.07) is 30.0. The van der Waals surface area contributed by atoms with E-state index in [-0.39, 0.29) is 11.5 Å². The van der Waals surface area contributed by atoms with Gasteiger partial charge in [0.25, 0.3) is 0 Å². The summed E-state index contributed by atoms with van der Waals surface area (Å²) in [5.41, 5.74) is 11.0. The lowest BCUT2D eigenvalue weighted by Gasteiger charge is -2.27. The van der Waals surface area contributed by atoms with E-state index in [4.69, 9.17) is 31.5 Å². The van der Waals surface area contributed by atoms with Crippen LogP contribution in [0.15, 0.2) is 109 Å². The van der Waals surface area contributed by atoms with Gasteiger partial charge in [-0.1, -0.05) is 71.8 Å². The Hall–Kier alpha value is -4.99. The number of nitrogens with zero attached hydrogens (tertiary/aromatic N) is 1. The summed E-state index contributed by atoms with van der Waals surface area (Å²) in [7, 11) is 0. The summed E-state index contributed by atoms with van der Waals surface area (Å²) in [6.45, 7) is 2.36. The molecule has 4 aromatic rings. The molecule has 1 aliphatic rings. The Balaban J connectivity index is 1.36. The summed E-state index contributed by atoms with van der Waals surface area (Å²) < 4.78 is 17.3. The molecule has 4 aromatic carbocycles. The number of aryl methyl sites for hydroxylation is 1. The predicted octanol–water partition coefficient (Wildman–Crippen LogP) is 7.06. The average Bonchev–Trinajstić information content (AvgIpc) is 2.96. The zero-order valence-electron chi connectivity index (χ0n) is 21.6. The highest BCUT2D eigenvalue weighted by Crippen LogP contribution is 2.44. The SMILES string of the molecule is Cc1ccc(/C=C/C(=O)Oc2ccc3c(c2)OC(N)=C(C#N)C3c2cccc(OCc3ccc(Cl)cc3)c2)cc1. The van der Waals surface area contributed by atoms with Gasteiger partial charge in [0.15, 0.2) is 0 Å². The standard InChI is InChI=1S/C33H25ClN2O4/c1-21-5-7-22(8-6-21)11-16-31(37)39-27-14-15-28-30(18-27)40-33(36)29(19-35)32(28)24-3-2-4-26(17-24)38-20-23-9-12-25(34)13-10-23/h2-18,32H,20,36H2,1H3/b16-11+. The predicted molar refractivity (Wildman–Crippen MR) is 154 cm³/mol. The minimum Gasteiger partial charge on any atom is -0.489 e. The number of nitrogens with two attached hydrogens (primary N) is 1. The second-order valence-corrected chi connectivity index (χ2v) is 9.71. The van der Waals surface area contributed by atoms with Gasteiger partial charge in [-0.25, -0.2) is 4.79 Å². The first-order chi connectivity index (χ1) is 19.4. The smallest absolute Gasteiger partial charge is 0.336 e. The molecule has 0 bridgehead atoms. The second-order valence-electron chi connectivity index (χ2n) is 9.28. The normalized spacial score (nSPS) is 14.3. The lowest BCUT2D eigenvalue weighted by molar-refractivity contribution is -0.128. The van der Waals surface area contributed by atoms with E-state index in [0.717, 1.165) is 27.8 Å². The van der Waals surface area contributed by atoms with Gasteiger partial charge in [0, 0.05) is 22.7 Å². The van der Waals surface area contributed by atoms with Crippen LogP contribution in [0.4, 0.5) is 0 Å². The monoisotopic (exact) mass is 548 g/mol. The molecular formula is C33H25ClN2O4. The van der Waals surface area contributed by atoms with Crippen LogP contribution in [-0.4, -0.2) is 5.97 Å². The van der Waals surface area contributed by atoms with Gasteiger partial charge in [0.1, 0.15) is 35.5 Å². The number of hydrogen-bond donors (Lipinski definition) is 1. The largest absolute Gasteiger partial charge is 0.489 e. The van der Waals surface area contributed by atoms with E-state index in [9.17, 15) is 10.1 Å². The zero-order valence-corrected chi connectivity index (χ0v) is 22.4. The summed E-state index contributed by atoms with van der Waals surface area (Å²) in [5.74, 6) is 0.322. The van der Waals surface area contributed by atoms with Crippen molar-refractivity contribution in [1.29, 1.82) is 5.26 Å². The molecule has 0 aliphatic carbocycles. The fourth-order valence-corrected chi connectivity index (χ4v) is 4.49. The maximum Gasteiger partial charge on any atom is 0.336 e. The van der Waals surface area contributed by atoms with Gasteiger partial charge < -0.3 is 19.9 Å². The Kier molecular flexibility index (Phi) is 7.86. The molecule has 0 fully saturated rings. The Labute approximate surface area is 237 Å². The molecule has 1 unspecified atom stereocenters. The fourth-order valence-electron chi connectivity index (χ4n) is 4.37. The van der Waals surface area contributed by atoms with Crippen LogP contribution in [0.1, 0.15) is 33.7 Å². The molecule has 0 saturated carbocycles. The molecule has 0 spiro atoms. The van der Waals surface area contributed by atoms with Crippen molar-refractivity contribution in [3.8, 4) is 23.3 Å². The molecule has 40 heavy (non-hydrogen) atoms. The van der Waals surface area contributed by atoms with E-state index in [1.165, 1.54) is 6.08 Å². The van der Waals surface area contributed by atoms with Crippen LogP contribution in [0.2, 0.25) is 5.02 Å². The molecule has 6 nitrogen and oxygen atoms in total. The number of allylic oxidation sites excluding steroid dienone is 1. The van der Waals surface area contributed by atoms with Crippen molar-refractivity contribution in [1.82, 2.24) is 0 Å². The Bertz CT molecular complexity index is 1650. The number of rotatable bonds is 7. The minimum absolute atomic E-state index is 0.00442. The summed E-state index contributed by atoms with van der Waals surface area (Å²) in [5, 5.41) is 10.6. The average molecular weight is 549 g/mol. The molecule has 1 aliphatic heterocycles. The number of ether oxygens (including phenoxy) is 3. The summed E-state index contributed by atoms with van der Waals surface area (Å²) >= 11 is 5.97. The maximum absolute atomic E-state index is 12.4. The Morgan fingerprint density at radius 2 is 1.80 bits per heavy atom. The molecule has 0 saturated heterocycles. The maximum atomic E-state index is 12.4. The van der Waals surface area contributed by atoms with Crippen LogP contribution in [0, 0.1) is 18.3 Å². The van der Waals surface area contributed by atoms with Crippen molar-refractivity contribution in [2.75, 3.05) is 0 Å². The van der Waals surface area contributed by atoms with E-state index in [1.807, 2.05) is 79.7 Å². The van der Waals surface area contributed by atoms with Gasteiger partial charge in [-0.3, -0.25) is 0 Å². The van der Waals surface area contributed by atoms with Crippen LogP contribution in [0.25, 0.3) is 6.08 Å². The van der Waals surface area contributed by atoms with Gasteiger partial charge in [0.2, 0.25) is 5.88 Å². The number of esters is 1. The fraction of sp³-hybridized carbons (Fsp3) is 0.0909. The third-order valence-electron chi connectivity index (χ3n) is 6.41. The van der Waals surface area contributed by atoms with Crippen LogP contribution < -0.4 is 19.9 Å². The molecular weight excluding hydrogens is 524 g/mol. The lowest BCUT2D eigenvalue weighted by Crippen LogP contribution is -2.21. The molecule has 5 rings (SSSR count). The number of fused-ring (bicyclic) bond motifs is 1. The molecule has 198 valence electrons. The van der Waals surface area contributed by atoms with Crippen molar-refractivity contribution in [2.24, 2.45) is 5.73 Å². The molecule has 2 N–H and O–H groups in total. The molecule has 7 heteroatoms. The summed E-state index contributed by atoms with van der Waals surface area (Å²) in [4.78, 5) is 12.4. The van der Waals surface area contributed by atoms with Gasteiger partial charge in [0.05, 0.1) is 5.92 Å². The van der Waals surface area contributed by atoms with Crippen molar-refractivity contribution >= 4 is 23.6 Å². The lowest BCUT2D eigenvalue weighted by atomic mass is 9.83. The minimum atomic E-state index is -0.528. The highest BCUT2D eigenvalue weighted by molar-refractivity contribution is 6.30. The van der Waals surface area contributed by atoms with E-state index in [1.54, 1.807) is 24.3 Å². The van der Waals surface area contributed by atoms with E-state index < -0.39 is 11.9 Å². The first-order valence-corrected chi connectivity index (χ1v) is 12.9. The summed E-state index contributed by atoms with van der Waals surface area (Å²) in [6.07, 6.45) is 3.06. The Morgan fingerprint density at radius 3 is 2.55 bits per heavy atom. The highest BCUT2D eigenvalue weighted by atomic mass is 35.5. The van der Waals surface area contributed by atoms with Crippen molar-refractivity contribution in [3.63, 3.8) is 0 Å². The molecule has 0 aromatic heterocycles. The van der Waals surface area contributed by atoms with Crippen LogP contribution in [0.5, 0.6) is 17.2 Å². The first-order valence-electron chi connectivity index (χ1n) is 12.5. The molecule has 0 amide bonds. The van der Waals surface area contributed by atoms with E-state index in [2.05, 4.69) is 6.07 Å². The number of nitriles is 1. The quantitative estimate of drug-likeness (QED) is 0.151. The topological polar surface area (TPSA) is 94.6 Å². The van der Waals surface area contributed by atoms with E-state index in [0.29, 0.717) is 28.9 Å². The number of halogens is 1. The van der Waals surface area contributed by atoms with Gasteiger partial charge in [-0.05, 0) is 60.0 Å². The molecule has 1 atom stereocenters. The van der Waals surface area contributed by atoms with Crippen LogP contribution in [0.3, 0.4) is 0 Å². The van der Waals surface area contributed by atoms with Gasteiger partial charge in [-0.15, -0.1) is 0 Å². The van der Waals surface area contributed by atoms with Gasteiger partial charge >= 0.3 is 5.97 Å². The number of carbonyl (C=O) groups is 1. The Morgan fingerprint density at radius 1 is 1.02 bits per heavy atom. The van der Waals surface area contributed by atoms with Crippen LogP contribution >= 0.6 is 11.6 Å². The number of carbonyl (C=O) groups excluding carboxylic acids is 1. The number of benzene rings is 4. The first kappa shape index (κ1) is 26.6. The molecule has 0 radical (unpaired) electrons. The van der Waals surface area contributed by atoms with Crippen LogP contribution in [-0.2, 0) is 11.4 Å². The highest BCUT2D eigenvalue weighted by Gasteiger charge is 2.31. The zero-order chi connectivity index (χ0) is 28.1. The number of hydrogen-bond acceptors (Lipinski definition) is 6. The second kappa shape index (κ2) is 11.8. The molecule has 1 heterocycles.